The molecule has 1 saturated heterocycles. The molecule has 3 rings (SSSR count). The number of carbonyl (C=O) groups excluding carboxylic acids is 1. The van der Waals surface area contributed by atoms with Gasteiger partial charge in [0.25, 0.3) is 0 Å². The fourth-order valence-electron chi connectivity index (χ4n) is 3.99. The summed E-state index contributed by atoms with van der Waals surface area (Å²) in [5.41, 5.74) is 7.76. The highest BCUT2D eigenvalue weighted by Crippen LogP contribution is 2.44. The number of benzene rings is 1. The first-order valence-corrected chi connectivity index (χ1v) is 8.01. The van der Waals surface area contributed by atoms with Crippen molar-refractivity contribution in [2.75, 3.05) is 26.2 Å². The summed E-state index contributed by atoms with van der Waals surface area (Å²) >= 11 is 0. The molecule has 2 aliphatic rings. The van der Waals surface area contributed by atoms with Gasteiger partial charge in [0.2, 0.25) is 5.91 Å². The number of fused-ring (bicyclic) bond motifs is 1. The first-order chi connectivity index (χ1) is 10.2. The van der Waals surface area contributed by atoms with Crippen LogP contribution in [0, 0.1) is 0 Å². The second kappa shape index (κ2) is 5.78. The van der Waals surface area contributed by atoms with Crippen molar-refractivity contribution in [3.63, 3.8) is 0 Å². The largest absolute Gasteiger partial charge is 0.368 e. The summed E-state index contributed by atoms with van der Waals surface area (Å²) in [7, 11) is 0. The van der Waals surface area contributed by atoms with Crippen molar-refractivity contribution < 1.29 is 4.79 Å². The molecular formula is C17H25N3O. The summed E-state index contributed by atoms with van der Waals surface area (Å²) in [6.07, 6.45) is 2.91. The highest BCUT2D eigenvalue weighted by atomic mass is 16.1. The molecule has 1 aromatic carbocycles. The van der Waals surface area contributed by atoms with E-state index in [4.69, 9.17) is 5.73 Å². The molecule has 1 aliphatic carbocycles. The summed E-state index contributed by atoms with van der Waals surface area (Å²) in [6.45, 7) is 5.99. The molecule has 4 nitrogen and oxygen atoms in total. The second-order valence-corrected chi connectivity index (χ2v) is 6.34. The number of hydrogen-bond acceptors (Lipinski definition) is 3. The maximum Gasteiger partial charge on any atom is 0.242 e. The second-order valence-electron chi connectivity index (χ2n) is 6.34. The molecule has 0 bridgehead atoms. The summed E-state index contributed by atoms with van der Waals surface area (Å²) in [5.74, 6) is 0.308. The Kier molecular flexibility index (Phi) is 4.00. The van der Waals surface area contributed by atoms with Crippen LogP contribution in [0.1, 0.15) is 43.2 Å². The molecule has 3 N–H and O–H groups in total. The molecule has 114 valence electrons. The van der Waals surface area contributed by atoms with Gasteiger partial charge in [0.15, 0.2) is 0 Å². The van der Waals surface area contributed by atoms with E-state index < -0.39 is 5.54 Å². The Hall–Kier alpha value is -1.39. The summed E-state index contributed by atoms with van der Waals surface area (Å²) in [4.78, 5) is 14.8. The number of nitrogens with zero attached hydrogens (tertiary/aromatic N) is 1. The van der Waals surface area contributed by atoms with E-state index in [1.165, 1.54) is 5.56 Å². The Bertz CT molecular complexity index is 523. The molecule has 2 unspecified atom stereocenters. The van der Waals surface area contributed by atoms with Gasteiger partial charge in [-0.25, -0.2) is 0 Å². The van der Waals surface area contributed by atoms with Crippen LogP contribution < -0.4 is 11.1 Å². The van der Waals surface area contributed by atoms with Crippen LogP contribution in [0.15, 0.2) is 24.3 Å². The van der Waals surface area contributed by atoms with Crippen LogP contribution in [-0.4, -0.2) is 37.0 Å². The van der Waals surface area contributed by atoms with Crippen molar-refractivity contribution in [3.05, 3.63) is 35.4 Å². The molecule has 21 heavy (non-hydrogen) atoms. The van der Waals surface area contributed by atoms with Crippen molar-refractivity contribution in [3.8, 4) is 0 Å². The lowest BCUT2D eigenvalue weighted by molar-refractivity contribution is -0.132. The maximum absolute atomic E-state index is 12.5. The normalized spacial score (nSPS) is 30.4. The predicted molar refractivity (Wildman–Crippen MR) is 84.0 cm³/mol. The standard InChI is InChI=1S/C17H25N3O/c1-13-7-8-17(16(18)21,15-6-3-2-5-14(13)15)20-11-4-9-19-10-12-20/h2-3,5-6,13,19H,4,7-12H2,1H3,(H2,18,21). The molecule has 0 spiro atoms. The van der Waals surface area contributed by atoms with Gasteiger partial charge >= 0.3 is 0 Å². The molecule has 1 amide bonds. The summed E-state index contributed by atoms with van der Waals surface area (Å²) in [5, 5.41) is 3.41. The zero-order valence-corrected chi connectivity index (χ0v) is 12.8. The number of rotatable bonds is 2. The third kappa shape index (κ3) is 2.36. The molecule has 0 saturated carbocycles. The van der Waals surface area contributed by atoms with Crippen molar-refractivity contribution in [1.82, 2.24) is 10.2 Å². The average Bonchev–Trinajstić information content (AvgIpc) is 2.77. The van der Waals surface area contributed by atoms with E-state index in [9.17, 15) is 4.79 Å². The molecule has 4 heteroatoms. The van der Waals surface area contributed by atoms with Crippen molar-refractivity contribution in [2.24, 2.45) is 5.73 Å². The minimum atomic E-state index is -0.616. The van der Waals surface area contributed by atoms with E-state index in [1.54, 1.807) is 0 Å². The lowest BCUT2D eigenvalue weighted by Crippen LogP contribution is -2.57. The van der Waals surface area contributed by atoms with E-state index >= 15 is 0 Å². The lowest BCUT2D eigenvalue weighted by Gasteiger charge is -2.46. The summed E-state index contributed by atoms with van der Waals surface area (Å²) < 4.78 is 0. The molecular weight excluding hydrogens is 262 g/mol. The molecule has 2 atom stereocenters. The fourth-order valence-corrected chi connectivity index (χ4v) is 3.99. The van der Waals surface area contributed by atoms with Gasteiger partial charge < -0.3 is 11.1 Å². The van der Waals surface area contributed by atoms with Crippen molar-refractivity contribution >= 4 is 5.91 Å². The smallest absolute Gasteiger partial charge is 0.242 e. The van der Waals surface area contributed by atoms with Crippen LogP contribution in [0.3, 0.4) is 0 Å². The topological polar surface area (TPSA) is 58.4 Å². The number of hydrogen-bond donors (Lipinski definition) is 2. The maximum atomic E-state index is 12.5. The van der Waals surface area contributed by atoms with Gasteiger partial charge in [0.05, 0.1) is 0 Å². The number of nitrogens with one attached hydrogen (secondary N) is 1. The molecule has 0 radical (unpaired) electrons. The lowest BCUT2D eigenvalue weighted by atomic mass is 9.71. The Labute approximate surface area is 126 Å². The van der Waals surface area contributed by atoms with Gasteiger partial charge in [-0.05, 0) is 42.9 Å². The monoisotopic (exact) mass is 287 g/mol. The summed E-state index contributed by atoms with van der Waals surface area (Å²) in [6, 6.07) is 8.36. The molecule has 0 aromatic heterocycles. The quantitative estimate of drug-likeness (QED) is 0.868. The molecule has 1 heterocycles. The van der Waals surface area contributed by atoms with Crippen molar-refractivity contribution in [1.29, 1.82) is 0 Å². The van der Waals surface area contributed by atoms with Crippen molar-refractivity contribution in [2.45, 2.75) is 37.6 Å². The Morgan fingerprint density at radius 1 is 1.33 bits per heavy atom. The Morgan fingerprint density at radius 2 is 2.14 bits per heavy atom. The first kappa shape index (κ1) is 14.5. The van der Waals surface area contributed by atoms with Crippen LogP contribution in [0.2, 0.25) is 0 Å². The Balaban J connectivity index is 2.09. The first-order valence-electron chi connectivity index (χ1n) is 8.01. The van der Waals surface area contributed by atoms with Crippen LogP contribution in [0.25, 0.3) is 0 Å². The number of amides is 1. The van der Waals surface area contributed by atoms with Crippen LogP contribution >= 0.6 is 0 Å². The van der Waals surface area contributed by atoms with E-state index in [0.717, 1.165) is 51.0 Å². The van der Waals surface area contributed by atoms with Crippen LogP contribution in [-0.2, 0) is 10.3 Å². The third-order valence-corrected chi connectivity index (χ3v) is 5.16. The number of primary amides is 1. The number of carbonyl (C=O) groups is 1. The van der Waals surface area contributed by atoms with E-state index in [0.29, 0.717) is 5.92 Å². The highest BCUT2D eigenvalue weighted by molar-refractivity contribution is 5.87. The van der Waals surface area contributed by atoms with Gasteiger partial charge in [-0.1, -0.05) is 31.2 Å². The van der Waals surface area contributed by atoms with Gasteiger partial charge in [-0.3, -0.25) is 9.69 Å². The third-order valence-electron chi connectivity index (χ3n) is 5.16. The zero-order chi connectivity index (χ0) is 14.9. The predicted octanol–water partition coefficient (Wildman–Crippen LogP) is 1.56. The van der Waals surface area contributed by atoms with Gasteiger partial charge in [0, 0.05) is 19.6 Å². The molecule has 1 aromatic rings. The van der Waals surface area contributed by atoms with E-state index in [1.807, 2.05) is 6.07 Å². The van der Waals surface area contributed by atoms with Gasteiger partial charge in [0.1, 0.15) is 5.54 Å². The minimum absolute atomic E-state index is 0.191. The zero-order valence-electron chi connectivity index (χ0n) is 12.8. The van der Waals surface area contributed by atoms with Gasteiger partial charge in [-0.15, -0.1) is 0 Å². The minimum Gasteiger partial charge on any atom is -0.368 e. The van der Waals surface area contributed by atoms with Gasteiger partial charge in [-0.2, -0.15) is 0 Å². The van der Waals surface area contributed by atoms with E-state index in [-0.39, 0.29) is 5.91 Å². The number of nitrogens with two attached hydrogens (primary N) is 1. The highest BCUT2D eigenvalue weighted by Gasteiger charge is 2.47. The average molecular weight is 287 g/mol. The molecule has 1 fully saturated rings. The van der Waals surface area contributed by atoms with Crippen LogP contribution in [0.5, 0.6) is 0 Å². The fraction of sp³-hybridized carbons (Fsp3) is 0.588. The Morgan fingerprint density at radius 3 is 2.95 bits per heavy atom. The van der Waals surface area contributed by atoms with E-state index in [2.05, 4.69) is 35.3 Å². The SMILES string of the molecule is CC1CCC(C(N)=O)(N2CCCNCC2)c2ccccc21. The van der Waals surface area contributed by atoms with Crippen LogP contribution in [0.4, 0.5) is 0 Å². The molecule has 1 aliphatic heterocycles.